The number of anilines is 2. The van der Waals surface area contributed by atoms with Crippen LogP contribution in [0.5, 0.6) is 0 Å². The Morgan fingerprint density at radius 1 is 0.821 bits per heavy atom. The normalized spacial score (nSPS) is 9.82. The molecule has 158 valence electrons. The number of nitrogens with two attached hydrogens (primary N) is 1. The molecular formula is C22H38N4O2. The van der Waals surface area contributed by atoms with E-state index in [1.54, 1.807) is 6.92 Å². The van der Waals surface area contributed by atoms with Crippen molar-refractivity contribution >= 4 is 23.3 Å². The van der Waals surface area contributed by atoms with Crippen LogP contribution in [0.4, 0.5) is 11.6 Å². The van der Waals surface area contributed by atoms with E-state index in [4.69, 9.17) is 5.73 Å². The highest BCUT2D eigenvalue weighted by Gasteiger charge is 2.12. The van der Waals surface area contributed by atoms with E-state index in [1.165, 1.54) is 35.0 Å². The Morgan fingerprint density at radius 3 is 1.39 bits per heavy atom. The van der Waals surface area contributed by atoms with Crippen molar-refractivity contribution in [3.8, 4) is 0 Å². The summed E-state index contributed by atoms with van der Waals surface area (Å²) < 4.78 is 4.02. The number of carbonyl (C=O) groups excluding carboxylic acids is 2. The van der Waals surface area contributed by atoms with Gasteiger partial charge in [-0.25, -0.2) is 0 Å². The highest BCUT2D eigenvalue weighted by molar-refractivity contribution is 5.89. The molecule has 0 aliphatic rings. The molecule has 3 N–H and O–H groups in total. The highest BCUT2D eigenvalue weighted by atomic mass is 16.1. The van der Waals surface area contributed by atoms with Gasteiger partial charge in [0.25, 0.3) is 0 Å². The largest absolute Gasteiger partial charge is 0.385 e. The quantitative estimate of drug-likeness (QED) is 0.796. The van der Waals surface area contributed by atoms with Crippen molar-refractivity contribution in [2.75, 3.05) is 11.1 Å². The molecule has 0 saturated carbocycles. The average Bonchev–Trinajstić information content (AvgIpc) is 2.92. The van der Waals surface area contributed by atoms with Gasteiger partial charge >= 0.3 is 0 Å². The van der Waals surface area contributed by atoms with Crippen LogP contribution < -0.4 is 11.1 Å². The Balaban J connectivity index is 0.000000431. The van der Waals surface area contributed by atoms with Gasteiger partial charge in [0.1, 0.15) is 17.4 Å². The van der Waals surface area contributed by atoms with Crippen molar-refractivity contribution in [2.24, 2.45) is 14.1 Å². The maximum atomic E-state index is 10.9. The zero-order chi connectivity index (χ0) is 22.3. The predicted molar refractivity (Wildman–Crippen MR) is 119 cm³/mol. The van der Waals surface area contributed by atoms with E-state index >= 15 is 0 Å². The first kappa shape index (κ1) is 25.5. The van der Waals surface area contributed by atoms with Crippen LogP contribution in [0.15, 0.2) is 0 Å². The second-order valence-electron chi connectivity index (χ2n) is 7.26. The lowest BCUT2D eigenvalue weighted by molar-refractivity contribution is -0.116. The molecule has 2 rings (SSSR count). The van der Waals surface area contributed by atoms with Gasteiger partial charge in [-0.05, 0) is 70.7 Å². The van der Waals surface area contributed by atoms with Crippen LogP contribution in [0.2, 0.25) is 0 Å². The summed E-state index contributed by atoms with van der Waals surface area (Å²) in [5, 5.41) is 2.83. The third kappa shape index (κ3) is 6.29. The second-order valence-corrected chi connectivity index (χ2v) is 7.26. The minimum Gasteiger partial charge on any atom is -0.385 e. The van der Waals surface area contributed by atoms with Gasteiger partial charge in [-0.3, -0.25) is 4.79 Å². The Morgan fingerprint density at radius 2 is 1.21 bits per heavy atom. The van der Waals surface area contributed by atoms with Crippen LogP contribution in [0.1, 0.15) is 60.8 Å². The molecule has 0 aromatic carbocycles. The smallest absolute Gasteiger partial charge is 0.222 e. The molecule has 2 aromatic rings. The van der Waals surface area contributed by atoms with Crippen molar-refractivity contribution in [2.45, 2.75) is 68.7 Å². The van der Waals surface area contributed by atoms with Crippen molar-refractivity contribution in [3.05, 3.63) is 33.6 Å². The van der Waals surface area contributed by atoms with Gasteiger partial charge in [0.15, 0.2) is 0 Å². The number of carbonyl (C=O) groups is 2. The summed E-state index contributed by atoms with van der Waals surface area (Å²) in [5.41, 5.74) is 13.1. The number of hydrogen-bond donors (Lipinski definition) is 2. The molecule has 0 saturated heterocycles. The standard InChI is InChI=1S/C10H16N2O.C8H14N2.C4H8O/c1-6-7(2)10(11-9(4)13)12(5)8(6)3;1-5-6(2)8(9)10(4)7(5)3;1-3-4(2)5/h1-5H3,(H,11,13);9H2,1-4H3;3H2,1-2H3. The molecule has 0 radical (unpaired) electrons. The Labute approximate surface area is 170 Å². The van der Waals surface area contributed by atoms with Crippen molar-refractivity contribution in [3.63, 3.8) is 0 Å². The molecule has 1 amide bonds. The molecule has 0 fully saturated rings. The van der Waals surface area contributed by atoms with E-state index in [-0.39, 0.29) is 11.7 Å². The number of rotatable bonds is 2. The molecule has 2 aromatic heterocycles. The Hall–Kier alpha value is -2.50. The van der Waals surface area contributed by atoms with E-state index in [9.17, 15) is 9.59 Å². The first-order valence-corrected chi connectivity index (χ1v) is 9.55. The second kappa shape index (κ2) is 10.7. The van der Waals surface area contributed by atoms with E-state index in [2.05, 4.69) is 33.0 Å². The average molecular weight is 391 g/mol. The van der Waals surface area contributed by atoms with Crippen LogP contribution in [0.3, 0.4) is 0 Å². The van der Waals surface area contributed by atoms with Crippen molar-refractivity contribution in [1.29, 1.82) is 0 Å². The monoisotopic (exact) mass is 390 g/mol. The molecule has 0 aliphatic carbocycles. The van der Waals surface area contributed by atoms with Gasteiger partial charge in [0.2, 0.25) is 5.91 Å². The molecule has 28 heavy (non-hydrogen) atoms. The number of nitrogens with zero attached hydrogens (tertiary/aromatic N) is 2. The Kier molecular flexibility index (Phi) is 9.78. The van der Waals surface area contributed by atoms with Gasteiger partial charge in [-0.2, -0.15) is 0 Å². The number of hydrogen-bond acceptors (Lipinski definition) is 3. The minimum atomic E-state index is -0.0244. The molecule has 0 unspecified atom stereocenters. The van der Waals surface area contributed by atoms with Crippen LogP contribution in [-0.4, -0.2) is 20.8 Å². The predicted octanol–water partition coefficient (Wildman–Crippen LogP) is 4.43. The summed E-state index contributed by atoms with van der Waals surface area (Å²) >= 11 is 0. The van der Waals surface area contributed by atoms with E-state index < -0.39 is 0 Å². The minimum absolute atomic E-state index is 0.0244. The first-order chi connectivity index (χ1) is 12.8. The molecule has 2 heterocycles. The number of aromatic nitrogens is 2. The SMILES string of the molecule is CC(=O)Nc1c(C)c(C)c(C)n1C.CCC(C)=O.Cc1c(C)c(N)n(C)c1C. The summed E-state index contributed by atoms with van der Waals surface area (Å²) in [4.78, 5) is 20.7. The summed E-state index contributed by atoms with van der Waals surface area (Å²) in [6.07, 6.45) is 0.667. The lowest BCUT2D eigenvalue weighted by Gasteiger charge is -2.05. The third-order valence-electron chi connectivity index (χ3n) is 5.45. The van der Waals surface area contributed by atoms with Crippen molar-refractivity contribution in [1.82, 2.24) is 9.13 Å². The third-order valence-corrected chi connectivity index (χ3v) is 5.45. The zero-order valence-electron chi connectivity index (χ0n) is 19.5. The first-order valence-electron chi connectivity index (χ1n) is 9.55. The van der Waals surface area contributed by atoms with Crippen molar-refractivity contribution < 1.29 is 9.59 Å². The molecule has 0 aliphatic heterocycles. The summed E-state index contributed by atoms with van der Waals surface area (Å²) in [7, 11) is 3.95. The summed E-state index contributed by atoms with van der Waals surface area (Å²) in [6, 6.07) is 0. The fourth-order valence-corrected chi connectivity index (χ4v) is 2.61. The van der Waals surface area contributed by atoms with E-state index in [0.29, 0.717) is 6.42 Å². The molecule has 6 heteroatoms. The van der Waals surface area contributed by atoms with E-state index in [0.717, 1.165) is 17.2 Å². The number of nitrogen functional groups attached to an aromatic ring is 1. The van der Waals surface area contributed by atoms with Gasteiger partial charge in [-0.1, -0.05) is 6.92 Å². The maximum Gasteiger partial charge on any atom is 0.222 e. The number of nitrogens with one attached hydrogen (secondary N) is 1. The lowest BCUT2D eigenvalue weighted by atomic mass is 10.2. The van der Waals surface area contributed by atoms with Crippen LogP contribution >= 0.6 is 0 Å². The fourth-order valence-electron chi connectivity index (χ4n) is 2.61. The molecule has 0 atom stereocenters. The fraction of sp³-hybridized carbons (Fsp3) is 0.545. The maximum absolute atomic E-state index is 10.9. The molecular weight excluding hydrogens is 352 g/mol. The zero-order valence-corrected chi connectivity index (χ0v) is 19.5. The topological polar surface area (TPSA) is 82.1 Å². The van der Waals surface area contributed by atoms with Gasteiger partial charge in [-0.15, -0.1) is 0 Å². The number of Topliss-reactive ketones (excluding diaryl/α,β-unsaturated/α-hetero) is 1. The highest BCUT2D eigenvalue weighted by Crippen LogP contribution is 2.24. The molecule has 6 nitrogen and oxygen atoms in total. The number of amides is 1. The van der Waals surface area contributed by atoms with Gasteiger partial charge in [0, 0.05) is 38.8 Å². The summed E-state index contributed by atoms with van der Waals surface area (Å²) in [6.45, 7) is 17.3. The van der Waals surface area contributed by atoms with E-state index in [1.807, 2.05) is 44.0 Å². The summed E-state index contributed by atoms with van der Waals surface area (Å²) in [5.74, 6) is 2.02. The van der Waals surface area contributed by atoms with Crippen LogP contribution in [0, 0.1) is 41.5 Å². The van der Waals surface area contributed by atoms with Gasteiger partial charge in [0.05, 0.1) is 0 Å². The lowest BCUT2D eigenvalue weighted by Crippen LogP contribution is -2.10. The Bertz CT molecular complexity index is 736. The van der Waals surface area contributed by atoms with Gasteiger partial charge < -0.3 is 25.0 Å². The van der Waals surface area contributed by atoms with Crippen LogP contribution in [0.25, 0.3) is 0 Å². The van der Waals surface area contributed by atoms with Crippen LogP contribution in [-0.2, 0) is 23.7 Å². The number of ketones is 1. The molecule has 0 bridgehead atoms. The molecule has 0 spiro atoms.